The number of carbonyl (C=O) groups is 1. The van der Waals surface area contributed by atoms with Gasteiger partial charge in [0.05, 0.1) is 11.6 Å². The fourth-order valence-electron chi connectivity index (χ4n) is 4.92. The van der Waals surface area contributed by atoms with Crippen LogP contribution in [0, 0.1) is 34.5 Å². The predicted octanol–water partition coefficient (Wildman–Crippen LogP) is 1.78. The number of hydrazine groups is 1. The first-order chi connectivity index (χ1) is 9.11. The van der Waals surface area contributed by atoms with Crippen molar-refractivity contribution >= 4 is 6.03 Å². The lowest BCUT2D eigenvalue weighted by Crippen LogP contribution is -2.47. The summed E-state index contributed by atoms with van der Waals surface area (Å²) in [7, 11) is 0. The van der Waals surface area contributed by atoms with E-state index in [1.165, 1.54) is 19.3 Å². The first-order valence-electron chi connectivity index (χ1n) is 7.03. The zero-order valence-electron chi connectivity index (χ0n) is 11.0. The van der Waals surface area contributed by atoms with E-state index in [0.717, 1.165) is 42.6 Å². The summed E-state index contributed by atoms with van der Waals surface area (Å²) in [5.41, 5.74) is 10.8. The van der Waals surface area contributed by atoms with Crippen molar-refractivity contribution in [2.24, 2.45) is 28.9 Å². The molecule has 4 aliphatic rings. The summed E-state index contributed by atoms with van der Waals surface area (Å²) in [6.45, 7) is 0. The van der Waals surface area contributed by atoms with Gasteiger partial charge in [-0.05, 0) is 56.3 Å². The van der Waals surface area contributed by atoms with Crippen molar-refractivity contribution in [3.8, 4) is 6.07 Å². The molecular weight excluding hydrogens is 240 g/mol. The number of nitrogens with one attached hydrogen (secondary N) is 2. The van der Waals surface area contributed by atoms with Gasteiger partial charge in [-0.3, -0.25) is 5.43 Å². The number of urea groups is 1. The van der Waals surface area contributed by atoms with E-state index >= 15 is 0 Å². The van der Waals surface area contributed by atoms with Gasteiger partial charge in [-0.2, -0.15) is 5.26 Å². The highest BCUT2D eigenvalue weighted by Gasteiger charge is 2.52. The van der Waals surface area contributed by atoms with E-state index < -0.39 is 6.03 Å². The van der Waals surface area contributed by atoms with Gasteiger partial charge in [-0.25, -0.2) is 4.79 Å². The number of rotatable bonds is 3. The number of carbonyl (C=O) groups excluding carboxylic acids is 1. The molecule has 0 atom stereocenters. The first kappa shape index (κ1) is 12.3. The third-order valence-corrected chi connectivity index (χ3v) is 5.14. The van der Waals surface area contributed by atoms with Gasteiger partial charge in [-0.15, -0.1) is 0 Å². The summed E-state index contributed by atoms with van der Waals surface area (Å²) in [6, 6.07) is 1.70. The number of nitriles is 1. The first-order valence-corrected chi connectivity index (χ1v) is 7.03. The van der Waals surface area contributed by atoms with Crippen LogP contribution < -0.4 is 16.6 Å². The molecule has 4 aliphatic carbocycles. The van der Waals surface area contributed by atoms with Crippen molar-refractivity contribution in [2.75, 3.05) is 0 Å². The number of nitrogens with two attached hydrogens (primary N) is 1. The van der Waals surface area contributed by atoms with E-state index in [1.807, 2.05) is 0 Å². The number of hydrogen-bond donors (Lipinski definition) is 3. The quantitative estimate of drug-likeness (QED) is 0.533. The van der Waals surface area contributed by atoms with Gasteiger partial charge in [0.25, 0.3) is 0 Å². The molecular formula is C14H20N4O. The predicted molar refractivity (Wildman–Crippen MR) is 70.2 cm³/mol. The summed E-state index contributed by atoms with van der Waals surface area (Å²) in [6.07, 6.45) is 9.10. The van der Waals surface area contributed by atoms with Crippen LogP contribution in [-0.2, 0) is 0 Å². The maximum Gasteiger partial charge on any atom is 0.330 e. The van der Waals surface area contributed by atoms with Gasteiger partial charge in [0.2, 0.25) is 0 Å². The Labute approximate surface area is 113 Å². The molecule has 4 saturated carbocycles. The van der Waals surface area contributed by atoms with Crippen molar-refractivity contribution < 1.29 is 4.79 Å². The fourth-order valence-corrected chi connectivity index (χ4v) is 4.92. The van der Waals surface area contributed by atoms with Gasteiger partial charge >= 0.3 is 6.03 Å². The largest absolute Gasteiger partial charge is 0.350 e. The van der Waals surface area contributed by atoms with Crippen molar-refractivity contribution in [3.05, 3.63) is 11.8 Å². The van der Waals surface area contributed by atoms with Crippen LogP contribution in [0.25, 0.3) is 0 Å². The Morgan fingerprint density at radius 2 is 1.74 bits per heavy atom. The molecule has 19 heavy (non-hydrogen) atoms. The molecule has 4 fully saturated rings. The molecule has 0 aromatic heterocycles. The second kappa shape index (κ2) is 4.44. The molecule has 0 aliphatic heterocycles. The second-order valence-electron chi connectivity index (χ2n) is 6.50. The molecule has 0 heterocycles. The van der Waals surface area contributed by atoms with E-state index in [0.29, 0.717) is 0 Å². The second-order valence-corrected chi connectivity index (χ2v) is 6.50. The smallest absolute Gasteiger partial charge is 0.330 e. The van der Waals surface area contributed by atoms with E-state index in [9.17, 15) is 10.1 Å². The van der Waals surface area contributed by atoms with Crippen LogP contribution >= 0.6 is 0 Å². The lowest BCUT2D eigenvalue weighted by Gasteiger charge is -2.56. The molecule has 5 nitrogen and oxygen atoms in total. The fraction of sp³-hybridized carbons (Fsp3) is 0.714. The highest BCUT2D eigenvalue weighted by Crippen LogP contribution is 2.62. The monoisotopic (exact) mass is 260 g/mol. The Bertz CT molecular complexity index is 427. The highest BCUT2D eigenvalue weighted by atomic mass is 16.2. The minimum Gasteiger partial charge on any atom is -0.350 e. The van der Waals surface area contributed by atoms with Gasteiger partial charge in [0, 0.05) is 11.6 Å². The highest BCUT2D eigenvalue weighted by molar-refractivity contribution is 5.71. The van der Waals surface area contributed by atoms with Crippen LogP contribution in [0.3, 0.4) is 0 Å². The lowest BCUT2D eigenvalue weighted by molar-refractivity contribution is -0.0283. The minimum absolute atomic E-state index is 0.0514. The molecule has 4 rings (SSSR count). The normalized spacial score (nSPS) is 39.7. The van der Waals surface area contributed by atoms with Crippen molar-refractivity contribution in [1.29, 1.82) is 5.26 Å². The van der Waals surface area contributed by atoms with Crippen molar-refractivity contribution in [1.82, 2.24) is 10.9 Å². The minimum atomic E-state index is -0.640. The van der Waals surface area contributed by atoms with Crippen LogP contribution in [0.15, 0.2) is 11.8 Å². The SMILES string of the molecule is N#C/C(=C\NNC(N)=O)C12CC3CC(CC(C3)C1)C2. The summed E-state index contributed by atoms with van der Waals surface area (Å²) < 4.78 is 0. The Morgan fingerprint density at radius 3 is 2.16 bits per heavy atom. The van der Waals surface area contributed by atoms with E-state index in [-0.39, 0.29) is 5.41 Å². The lowest BCUT2D eigenvalue weighted by atomic mass is 9.48. The standard InChI is InChI=1S/C14H20N4O/c15-7-12(8-17-18-13(16)19)14-4-9-1-10(5-14)3-11(2-9)6-14/h8-11,17H,1-6H2,(H3,16,18,19)/b12-8+. The molecule has 4 N–H and O–H groups in total. The number of hydrogen-bond acceptors (Lipinski definition) is 3. The van der Waals surface area contributed by atoms with Gasteiger partial charge in [-0.1, -0.05) is 0 Å². The molecule has 0 spiro atoms. The average Bonchev–Trinajstić information content (AvgIpc) is 2.32. The molecule has 2 amide bonds. The van der Waals surface area contributed by atoms with Crippen LogP contribution in [0.1, 0.15) is 38.5 Å². The average molecular weight is 260 g/mol. The van der Waals surface area contributed by atoms with Gasteiger partial charge in [0.1, 0.15) is 0 Å². The molecule has 0 radical (unpaired) electrons. The maximum absolute atomic E-state index is 10.7. The molecule has 5 heteroatoms. The number of allylic oxidation sites excluding steroid dienone is 1. The van der Waals surface area contributed by atoms with Crippen LogP contribution in [0.4, 0.5) is 4.79 Å². The van der Waals surface area contributed by atoms with Gasteiger partial charge < -0.3 is 11.2 Å². The van der Waals surface area contributed by atoms with Crippen molar-refractivity contribution in [2.45, 2.75) is 38.5 Å². The van der Waals surface area contributed by atoms with Crippen LogP contribution in [-0.4, -0.2) is 6.03 Å². The van der Waals surface area contributed by atoms with E-state index in [4.69, 9.17) is 5.73 Å². The Morgan fingerprint density at radius 1 is 1.21 bits per heavy atom. The molecule has 0 aromatic rings. The maximum atomic E-state index is 10.7. The Balaban J connectivity index is 1.79. The Hall–Kier alpha value is -1.70. The summed E-state index contributed by atoms with van der Waals surface area (Å²) in [5.74, 6) is 2.39. The molecule has 102 valence electrons. The zero-order valence-corrected chi connectivity index (χ0v) is 11.0. The summed E-state index contributed by atoms with van der Waals surface area (Å²) >= 11 is 0. The molecule has 0 unspecified atom stereocenters. The Kier molecular flexibility index (Phi) is 2.89. The van der Waals surface area contributed by atoms with Crippen LogP contribution in [0.5, 0.6) is 0 Å². The van der Waals surface area contributed by atoms with Gasteiger partial charge in [0.15, 0.2) is 0 Å². The molecule has 4 bridgehead atoms. The third-order valence-electron chi connectivity index (χ3n) is 5.14. The summed E-state index contributed by atoms with van der Waals surface area (Å²) in [5, 5.41) is 9.45. The van der Waals surface area contributed by atoms with Crippen LogP contribution in [0.2, 0.25) is 0 Å². The summed E-state index contributed by atoms with van der Waals surface area (Å²) in [4.78, 5) is 10.7. The van der Waals surface area contributed by atoms with E-state index in [2.05, 4.69) is 16.9 Å². The zero-order chi connectivity index (χ0) is 13.5. The number of nitrogens with zero attached hydrogens (tertiary/aromatic N) is 1. The topological polar surface area (TPSA) is 90.9 Å². The molecule has 0 aromatic carbocycles. The van der Waals surface area contributed by atoms with Crippen molar-refractivity contribution in [3.63, 3.8) is 0 Å². The molecule has 0 saturated heterocycles. The third kappa shape index (κ3) is 2.16. The number of amides is 2. The number of primary amides is 1. The van der Waals surface area contributed by atoms with E-state index in [1.54, 1.807) is 6.20 Å².